The van der Waals surface area contributed by atoms with Gasteiger partial charge in [0.05, 0.1) is 17.9 Å². The maximum atomic E-state index is 14.8. The number of hydrogen-bond acceptors (Lipinski definition) is 4. The summed E-state index contributed by atoms with van der Waals surface area (Å²) in [6.07, 6.45) is 0.252. The summed E-state index contributed by atoms with van der Waals surface area (Å²) >= 11 is 0. The summed E-state index contributed by atoms with van der Waals surface area (Å²) in [7, 11) is 0. The molecule has 0 radical (unpaired) electrons. The molecular weight excluding hydrogens is 366 g/mol. The number of benzene rings is 1. The Morgan fingerprint density at radius 3 is 2.61 bits per heavy atom. The molecule has 2 aromatic rings. The van der Waals surface area contributed by atoms with Crippen LogP contribution >= 0.6 is 0 Å². The first kappa shape index (κ1) is 19.7. The van der Waals surface area contributed by atoms with Crippen molar-refractivity contribution in [3.05, 3.63) is 53.5 Å². The Bertz CT molecular complexity index is 888. The Balaban J connectivity index is 1.84. The van der Waals surface area contributed by atoms with E-state index >= 15 is 0 Å². The lowest BCUT2D eigenvalue weighted by molar-refractivity contribution is -0.148. The smallest absolute Gasteiger partial charge is 0.313 e. The van der Waals surface area contributed by atoms with E-state index in [2.05, 4.69) is 10.3 Å². The molecule has 1 aromatic carbocycles. The van der Waals surface area contributed by atoms with Gasteiger partial charge in [-0.25, -0.2) is 13.8 Å². The Labute approximate surface area is 161 Å². The third-order valence-corrected chi connectivity index (χ3v) is 4.86. The quantitative estimate of drug-likeness (QED) is 0.774. The van der Waals surface area contributed by atoms with Crippen LogP contribution < -0.4 is 11.1 Å². The first-order valence-electron chi connectivity index (χ1n) is 9.00. The number of pyridine rings is 1. The van der Waals surface area contributed by atoms with Gasteiger partial charge in [0.2, 0.25) is 0 Å². The number of aromatic nitrogens is 1. The van der Waals surface area contributed by atoms with E-state index in [9.17, 15) is 18.4 Å². The molecule has 6 nitrogen and oxygen atoms in total. The second kappa shape index (κ2) is 7.92. The Morgan fingerprint density at radius 2 is 1.96 bits per heavy atom. The van der Waals surface area contributed by atoms with Crippen molar-refractivity contribution in [1.29, 1.82) is 0 Å². The number of alkyl halides is 1. The topological polar surface area (TPSA) is 88.3 Å². The highest BCUT2D eigenvalue weighted by Gasteiger charge is 2.40. The molecule has 0 bridgehead atoms. The van der Waals surface area contributed by atoms with Crippen LogP contribution in [0.5, 0.6) is 0 Å². The number of nitrogens with two attached hydrogens (primary N) is 1. The van der Waals surface area contributed by atoms with Gasteiger partial charge in [-0.2, -0.15) is 0 Å². The monoisotopic (exact) mass is 388 g/mol. The molecule has 1 aromatic heterocycles. The number of nitrogens with zero attached hydrogens (tertiary/aromatic N) is 2. The number of rotatable bonds is 2. The van der Waals surface area contributed by atoms with Crippen molar-refractivity contribution in [2.24, 2.45) is 5.92 Å². The van der Waals surface area contributed by atoms with Crippen molar-refractivity contribution in [3.63, 3.8) is 0 Å². The molecule has 1 saturated heterocycles. The largest absolute Gasteiger partial charge is 0.383 e. The van der Waals surface area contributed by atoms with Crippen LogP contribution in [0.4, 0.5) is 20.3 Å². The van der Waals surface area contributed by atoms with Gasteiger partial charge in [0, 0.05) is 6.54 Å². The van der Waals surface area contributed by atoms with Gasteiger partial charge in [-0.1, -0.05) is 19.1 Å². The van der Waals surface area contributed by atoms with Crippen molar-refractivity contribution < 1.29 is 18.4 Å². The van der Waals surface area contributed by atoms with Crippen LogP contribution in [0, 0.1) is 18.7 Å². The van der Waals surface area contributed by atoms with E-state index in [1.165, 1.54) is 35.4 Å². The van der Waals surface area contributed by atoms with Crippen LogP contribution in [0.2, 0.25) is 0 Å². The molecule has 28 heavy (non-hydrogen) atoms. The average molecular weight is 388 g/mol. The number of carbonyl (C=O) groups is 2. The highest BCUT2D eigenvalue weighted by Crippen LogP contribution is 2.36. The fourth-order valence-electron chi connectivity index (χ4n) is 3.46. The number of amides is 2. The van der Waals surface area contributed by atoms with Crippen molar-refractivity contribution in [1.82, 2.24) is 9.88 Å². The zero-order chi connectivity index (χ0) is 20.4. The van der Waals surface area contributed by atoms with E-state index in [0.29, 0.717) is 22.6 Å². The lowest BCUT2D eigenvalue weighted by atomic mass is 9.88. The third-order valence-electron chi connectivity index (χ3n) is 4.86. The maximum Gasteiger partial charge on any atom is 0.313 e. The van der Waals surface area contributed by atoms with Gasteiger partial charge < -0.3 is 16.0 Å². The average Bonchev–Trinajstić information content (AvgIpc) is 2.64. The molecule has 2 amide bonds. The predicted molar refractivity (Wildman–Crippen MR) is 102 cm³/mol. The van der Waals surface area contributed by atoms with E-state index in [4.69, 9.17) is 5.73 Å². The second-order valence-electron chi connectivity index (χ2n) is 7.19. The lowest BCUT2D eigenvalue weighted by Crippen LogP contribution is -2.50. The molecule has 1 fully saturated rings. The number of hydrogen-bond donors (Lipinski definition) is 2. The number of halogens is 2. The van der Waals surface area contributed by atoms with Crippen molar-refractivity contribution in [3.8, 4) is 0 Å². The van der Waals surface area contributed by atoms with E-state index in [1.807, 2.05) is 6.92 Å². The fraction of sp³-hybridized carbons (Fsp3) is 0.350. The van der Waals surface area contributed by atoms with E-state index in [-0.39, 0.29) is 18.9 Å². The number of carbonyl (C=O) groups excluding carboxylic acids is 2. The number of likely N-dealkylation sites (tertiary alicyclic amines) is 1. The molecule has 3 N–H and O–H groups in total. The van der Waals surface area contributed by atoms with Crippen LogP contribution in [-0.2, 0) is 9.59 Å². The van der Waals surface area contributed by atoms with Crippen LogP contribution in [0.15, 0.2) is 36.5 Å². The van der Waals surface area contributed by atoms with Crippen molar-refractivity contribution in [2.45, 2.75) is 32.5 Å². The highest BCUT2D eigenvalue weighted by atomic mass is 19.1. The predicted octanol–water partition coefficient (Wildman–Crippen LogP) is 3.00. The third kappa shape index (κ3) is 4.11. The molecule has 2 heterocycles. The molecule has 148 valence electrons. The lowest BCUT2D eigenvalue weighted by Gasteiger charge is -2.40. The molecule has 1 aliphatic rings. The van der Waals surface area contributed by atoms with Gasteiger partial charge in [0.15, 0.2) is 0 Å². The molecule has 8 heteroatoms. The van der Waals surface area contributed by atoms with Gasteiger partial charge >= 0.3 is 11.8 Å². The second-order valence-corrected chi connectivity index (χ2v) is 7.19. The minimum atomic E-state index is -1.36. The number of piperidine rings is 1. The molecule has 3 rings (SSSR count). The zero-order valence-corrected chi connectivity index (χ0v) is 15.7. The molecule has 0 saturated carbocycles. The summed E-state index contributed by atoms with van der Waals surface area (Å²) in [6.45, 7) is 3.77. The zero-order valence-electron chi connectivity index (χ0n) is 15.7. The van der Waals surface area contributed by atoms with E-state index in [0.717, 1.165) is 0 Å². The normalized spacial score (nSPS) is 22.0. The molecule has 0 unspecified atom stereocenters. The summed E-state index contributed by atoms with van der Waals surface area (Å²) in [4.78, 5) is 30.5. The Hall–Kier alpha value is -3.03. The highest BCUT2D eigenvalue weighted by molar-refractivity contribution is 6.39. The molecule has 1 aliphatic heterocycles. The summed E-state index contributed by atoms with van der Waals surface area (Å²) in [5.74, 6) is -1.97. The summed E-state index contributed by atoms with van der Waals surface area (Å²) in [6, 6.07) is 5.96. The number of nitrogen functional groups attached to an aromatic ring is 1. The van der Waals surface area contributed by atoms with Crippen molar-refractivity contribution in [2.75, 3.05) is 17.6 Å². The number of anilines is 2. The fourth-order valence-corrected chi connectivity index (χ4v) is 3.46. The number of aryl methyl sites for hydroxylation is 1. The van der Waals surface area contributed by atoms with Gasteiger partial charge in [-0.3, -0.25) is 9.59 Å². The SMILES string of the molecule is Cc1cc(NC(=O)C(=O)N2C[C@H](C)C[C@@H](F)[C@H]2c2ccc(F)cc2)cnc1N. The molecular formula is C20H22F2N4O2. The van der Waals surface area contributed by atoms with E-state index in [1.54, 1.807) is 13.0 Å². The van der Waals surface area contributed by atoms with Gasteiger partial charge in [-0.05, 0) is 48.6 Å². The first-order valence-corrected chi connectivity index (χ1v) is 9.00. The van der Waals surface area contributed by atoms with Gasteiger partial charge in [0.25, 0.3) is 0 Å². The summed E-state index contributed by atoms with van der Waals surface area (Å²) < 4.78 is 28.1. The summed E-state index contributed by atoms with van der Waals surface area (Å²) in [5, 5.41) is 2.49. The summed E-state index contributed by atoms with van der Waals surface area (Å²) in [5.41, 5.74) is 7.09. The minimum Gasteiger partial charge on any atom is -0.383 e. The van der Waals surface area contributed by atoms with Gasteiger partial charge in [0.1, 0.15) is 17.8 Å². The first-order chi connectivity index (χ1) is 13.3. The van der Waals surface area contributed by atoms with Crippen molar-refractivity contribution >= 4 is 23.3 Å². The van der Waals surface area contributed by atoms with Crippen LogP contribution in [0.1, 0.15) is 30.5 Å². The standard InChI is InChI=1S/C20H22F2N4O2/c1-11-7-16(22)17(13-3-5-14(21)6-4-13)26(10-11)20(28)19(27)25-15-8-12(2)18(23)24-9-15/h3-6,8-9,11,16-17H,7,10H2,1-2H3,(H2,23,24)(H,25,27)/t11-,16-,17-/m1/s1. The number of nitrogens with one attached hydrogen (secondary N) is 1. The van der Waals surface area contributed by atoms with Crippen LogP contribution in [0.25, 0.3) is 0 Å². The maximum absolute atomic E-state index is 14.8. The van der Waals surface area contributed by atoms with Gasteiger partial charge in [-0.15, -0.1) is 0 Å². The molecule has 3 atom stereocenters. The van der Waals surface area contributed by atoms with Crippen LogP contribution in [-0.4, -0.2) is 34.4 Å². The minimum absolute atomic E-state index is 0.108. The Kier molecular flexibility index (Phi) is 5.58. The van der Waals surface area contributed by atoms with Crippen LogP contribution in [0.3, 0.4) is 0 Å². The Morgan fingerprint density at radius 1 is 1.29 bits per heavy atom. The molecule has 0 spiro atoms. The molecule has 0 aliphatic carbocycles. The van der Waals surface area contributed by atoms with E-state index < -0.39 is 29.8 Å².